The number of hydrogen-bond donors (Lipinski definition) is 1. The van der Waals surface area contributed by atoms with Crippen LogP contribution in [-0.2, 0) is 11.2 Å². The summed E-state index contributed by atoms with van der Waals surface area (Å²) in [6.45, 7) is 5.74. The molecule has 1 aromatic carbocycles. The molecule has 0 aromatic heterocycles. The molecule has 0 saturated carbocycles. The highest BCUT2D eigenvalue weighted by Crippen LogP contribution is 2.21. The molecule has 2 unspecified atom stereocenters. The van der Waals surface area contributed by atoms with Gasteiger partial charge in [-0.1, -0.05) is 30.7 Å². The molecule has 2 rings (SSSR count). The Morgan fingerprint density at radius 2 is 2.35 bits per heavy atom. The predicted octanol–water partition coefficient (Wildman–Crippen LogP) is 2.33. The lowest BCUT2D eigenvalue weighted by molar-refractivity contribution is -0.0437. The summed E-state index contributed by atoms with van der Waals surface area (Å²) in [5, 5.41) is 3.43. The van der Waals surface area contributed by atoms with E-state index in [1.165, 1.54) is 0 Å². The van der Waals surface area contributed by atoms with Crippen LogP contribution < -0.4 is 5.32 Å². The van der Waals surface area contributed by atoms with Gasteiger partial charge in [-0.25, -0.2) is 4.39 Å². The SMILES string of the molecule is CCN1CCOC(C(Cc2cccc(Cl)c2F)NC)C1. The normalized spacial score (nSPS) is 21.9. The third-order valence-electron chi connectivity index (χ3n) is 3.92. The van der Waals surface area contributed by atoms with Crippen molar-refractivity contribution in [3.05, 3.63) is 34.6 Å². The maximum atomic E-state index is 14.0. The molecule has 1 heterocycles. The van der Waals surface area contributed by atoms with Gasteiger partial charge in [0.2, 0.25) is 0 Å². The first kappa shape index (κ1) is 15.7. The number of benzene rings is 1. The van der Waals surface area contributed by atoms with E-state index in [0.717, 1.165) is 26.2 Å². The summed E-state index contributed by atoms with van der Waals surface area (Å²) in [6, 6.07) is 5.22. The number of morpholine rings is 1. The Kier molecular flexibility index (Phi) is 5.78. The van der Waals surface area contributed by atoms with Gasteiger partial charge in [-0.05, 0) is 31.6 Å². The average Bonchev–Trinajstić information content (AvgIpc) is 2.49. The largest absolute Gasteiger partial charge is 0.374 e. The van der Waals surface area contributed by atoms with E-state index >= 15 is 0 Å². The van der Waals surface area contributed by atoms with Gasteiger partial charge in [0.15, 0.2) is 0 Å². The fraction of sp³-hybridized carbons (Fsp3) is 0.600. The molecular weight excluding hydrogens is 279 g/mol. The van der Waals surface area contributed by atoms with Crippen molar-refractivity contribution in [3.8, 4) is 0 Å². The van der Waals surface area contributed by atoms with Crippen molar-refractivity contribution in [3.63, 3.8) is 0 Å². The number of likely N-dealkylation sites (N-methyl/N-ethyl adjacent to an activating group) is 2. The van der Waals surface area contributed by atoms with Crippen LogP contribution in [0.25, 0.3) is 0 Å². The van der Waals surface area contributed by atoms with Gasteiger partial charge in [-0.3, -0.25) is 4.90 Å². The quantitative estimate of drug-likeness (QED) is 0.903. The maximum absolute atomic E-state index is 14.0. The Hall–Kier alpha value is -0.680. The molecule has 3 nitrogen and oxygen atoms in total. The van der Waals surface area contributed by atoms with E-state index < -0.39 is 0 Å². The zero-order valence-corrected chi connectivity index (χ0v) is 12.8. The maximum Gasteiger partial charge on any atom is 0.145 e. The number of nitrogens with zero attached hydrogens (tertiary/aromatic N) is 1. The molecule has 1 aliphatic rings. The minimum absolute atomic E-state index is 0.0760. The van der Waals surface area contributed by atoms with Gasteiger partial charge in [-0.2, -0.15) is 0 Å². The molecule has 0 amide bonds. The van der Waals surface area contributed by atoms with Crippen LogP contribution in [0.4, 0.5) is 4.39 Å². The summed E-state index contributed by atoms with van der Waals surface area (Å²) < 4.78 is 19.8. The van der Waals surface area contributed by atoms with Crippen molar-refractivity contribution in [2.24, 2.45) is 0 Å². The van der Waals surface area contributed by atoms with E-state index in [1.807, 2.05) is 7.05 Å². The monoisotopic (exact) mass is 300 g/mol. The lowest BCUT2D eigenvalue weighted by atomic mass is 9.99. The van der Waals surface area contributed by atoms with Crippen LogP contribution in [0.5, 0.6) is 0 Å². The van der Waals surface area contributed by atoms with Crippen LogP contribution >= 0.6 is 11.6 Å². The lowest BCUT2D eigenvalue weighted by Crippen LogP contribution is -2.52. The van der Waals surface area contributed by atoms with Crippen molar-refractivity contribution in [2.45, 2.75) is 25.5 Å². The molecule has 1 N–H and O–H groups in total. The van der Waals surface area contributed by atoms with E-state index in [-0.39, 0.29) is 23.0 Å². The van der Waals surface area contributed by atoms with E-state index in [2.05, 4.69) is 17.1 Å². The van der Waals surface area contributed by atoms with Crippen molar-refractivity contribution in [2.75, 3.05) is 33.3 Å². The molecule has 0 bridgehead atoms. The molecular formula is C15H22ClFN2O. The highest BCUT2D eigenvalue weighted by atomic mass is 35.5. The molecule has 1 fully saturated rings. The van der Waals surface area contributed by atoms with Gasteiger partial charge >= 0.3 is 0 Å². The summed E-state index contributed by atoms with van der Waals surface area (Å²) in [6.07, 6.45) is 0.651. The van der Waals surface area contributed by atoms with Gasteiger partial charge in [0.1, 0.15) is 5.82 Å². The molecule has 0 spiro atoms. The number of hydrogen-bond acceptors (Lipinski definition) is 3. The van der Waals surface area contributed by atoms with Crippen LogP contribution in [0.3, 0.4) is 0 Å². The van der Waals surface area contributed by atoms with E-state index in [1.54, 1.807) is 18.2 Å². The second-order valence-electron chi connectivity index (χ2n) is 5.11. The second-order valence-corrected chi connectivity index (χ2v) is 5.52. The smallest absolute Gasteiger partial charge is 0.145 e. The van der Waals surface area contributed by atoms with Gasteiger partial charge in [0.05, 0.1) is 17.7 Å². The van der Waals surface area contributed by atoms with Crippen LogP contribution in [0.2, 0.25) is 5.02 Å². The Bertz CT molecular complexity index is 444. The van der Waals surface area contributed by atoms with Gasteiger partial charge in [0.25, 0.3) is 0 Å². The van der Waals surface area contributed by atoms with E-state index in [4.69, 9.17) is 16.3 Å². The third kappa shape index (κ3) is 3.70. The molecule has 1 aliphatic heterocycles. The summed E-state index contributed by atoms with van der Waals surface area (Å²) in [4.78, 5) is 2.35. The first-order chi connectivity index (χ1) is 9.65. The Labute approximate surface area is 125 Å². The molecule has 1 aromatic rings. The summed E-state index contributed by atoms with van der Waals surface area (Å²) in [7, 11) is 1.89. The molecule has 20 heavy (non-hydrogen) atoms. The predicted molar refractivity (Wildman–Crippen MR) is 79.8 cm³/mol. The first-order valence-electron chi connectivity index (χ1n) is 7.09. The Balaban J connectivity index is 2.06. The van der Waals surface area contributed by atoms with Gasteiger partial charge in [-0.15, -0.1) is 0 Å². The van der Waals surface area contributed by atoms with Crippen LogP contribution in [0.15, 0.2) is 18.2 Å². The van der Waals surface area contributed by atoms with E-state index in [0.29, 0.717) is 12.0 Å². The zero-order valence-electron chi connectivity index (χ0n) is 12.0. The molecule has 1 saturated heterocycles. The van der Waals surface area contributed by atoms with Gasteiger partial charge < -0.3 is 10.1 Å². The molecule has 0 aliphatic carbocycles. The minimum atomic E-state index is -0.322. The zero-order chi connectivity index (χ0) is 14.5. The first-order valence-corrected chi connectivity index (χ1v) is 7.47. The van der Waals surface area contributed by atoms with Crippen molar-refractivity contribution < 1.29 is 9.13 Å². The topological polar surface area (TPSA) is 24.5 Å². The highest BCUT2D eigenvalue weighted by Gasteiger charge is 2.27. The number of rotatable bonds is 5. The fourth-order valence-electron chi connectivity index (χ4n) is 2.62. The average molecular weight is 301 g/mol. The van der Waals surface area contributed by atoms with Crippen LogP contribution in [0, 0.1) is 5.82 Å². The van der Waals surface area contributed by atoms with Gasteiger partial charge in [0, 0.05) is 19.1 Å². The van der Waals surface area contributed by atoms with E-state index in [9.17, 15) is 4.39 Å². The Morgan fingerprint density at radius 1 is 1.55 bits per heavy atom. The highest BCUT2D eigenvalue weighted by molar-refractivity contribution is 6.30. The summed E-state index contributed by atoms with van der Waals surface area (Å²) >= 11 is 5.84. The third-order valence-corrected chi connectivity index (χ3v) is 4.21. The van der Waals surface area contributed by atoms with Crippen molar-refractivity contribution in [1.82, 2.24) is 10.2 Å². The molecule has 112 valence electrons. The summed E-state index contributed by atoms with van der Waals surface area (Å²) in [5.74, 6) is -0.322. The summed E-state index contributed by atoms with van der Waals surface area (Å²) in [5.41, 5.74) is 0.633. The molecule has 5 heteroatoms. The van der Waals surface area contributed by atoms with Crippen molar-refractivity contribution >= 4 is 11.6 Å². The lowest BCUT2D eigenvalue weighted by Gasteiger charge is -2.36. The number of ether oxygens (including phenoxy) is 1. The number of nitrogens with one attached hydrogen (secondary N) is 1. The minimum Gasteiger partial charge on any atom is -0.374 e. The van der Waals surface area contributed by atoms with Crippen LogP contribution in [-0.4, -0.2) is 50.3 Å². The Morgan fingerprint density at radius 3 is 3.05 bits per heavy atom. The fourth-order valence-corrected chi connectivity index (χ4v) is 2.82. The van der Waals surface area contributed by atoms with Crippen molar-refractivity contribution in [1.29, 1.82) is 0 Å². The second kappa shape index (κ2) is 7.36. The molecule has 0 radical (unpaired) electrons. The van der Waals surface area contributed by atoms with Crippen LogP contribution in [0.1, 0.15) is 12.5 Å². The standard InChI is InChI=1S/C15H22ClFN2O/c1-3-19-7-8-20-14(10-19)13(18-2)9-11-5-4-6-12(16)15(11)17/h4-6,13-14,18H,3,7-10H2,1-2H3. The number of halogens is 2. The molecule has 2 atom stereocenters.